The first-order chi connectivity index (χ1) is 29.5. The average molecular weight is 877 g/mol. The maximum absolute atomic E-state index is 13.5. The molecule has 1 fully saturated rings. The minimum atomic E-state index is -4.35. The van der Waals surface area contributed by atoms with Crippen molar-refractivity contribution < 1.29 is 44.6 Å². The molecule has 322 valence electrons. The van der Waals surface area contributed by atoms with Crippen molar-refractivity contribution in [3.8, 4) is 0 Å². The molecule has 0 saturated carbocycles. The summed E-state index contributed by atoms with van der Waals surface area (Å²) in [6, 6.07) is 41.5. The van der Waals surface area contributed by atoms with E-state index in [1.54, 1.807) is 31.2 Å². The van der Waals surface area contributed by atoms with Crippen molar-refractivity contribution in [3.05, 3.63) is 186 Å². The predicted molar refractivity (Wildman–Crippen MR) is 234 cm³/mol. The first kappa shape index (κ1) is 46.7. The van der Waals surface area contributed by atoms with Crippen LogP contribution in [0.25, 0.3) is 6.08 Å². The summed E-state index contributed by atoms with van der Waals surface area (Å²) in [7, 11) is -8.53. The van der Waals surface area contributed by atoms with Crippen LogP contribution in [0.2, 0.25) is 0 Å². The Balaban J connectivity index is 0.000000229. The molecule has 4 atom stereocenters. The summed E-state index contributed by atoms with van der Waals surface area (Å²) in [5, 5.41) is 0.690. The lowest BCUT2D eigenvalue weighted by Crippen LogP contribution is -2.34. The molecule has 0 bridgehead atoms. The van der Waals surface area contributed by atoms with Gasteiger partial charge in [-0.25, -0.2) is 0 Å². The van der Waals surface area contributed by atoms with Gasteiger partial charge in [0.1, 0.15) is 0 Å². The maximum atomic E-state index is 13.5. The molecule has 5 aromatic rings. The third-order valence-electron chi connectivity index (χ3n) is 10.2. The van der Waals surface area contributed by atoms with Crippen molar-refractivity contribution in [1.29, 1.82) is 0 Å². The number of carbonyl (C=O) groups is 4. The van der Waals surface area contributed by atoms with E-state index in [1.807, 2.05) is 118 Å². The molecule has 5 aromatic carbocycles. The van der Waals surface area contributed by atoms with Gasteiger partial charge in [-0.15, -0.1) is 18.7 Å². The van der Waals surface area contributed by atoms with Gasteiger partial charge in [0, 0.05) is 12.2 Å². The zero-order chi connectivity index (χ0) is 45.0. The molecule has 2 aliphatic rings. The van der Waals surface area contributed by atoms with Crippen LogP contribution >= 0.6 is 0 Å². The predicted octanol–water partition coefficient (Wildman–Crippen LogP) is 8.47. The molecule has 0 aliphatic carbocycles. The number of nitrogens with zero attached hydrogens (tertiary/aromatic N) is 2. The third-order valence-corrected chi connectivity index (χ3v) is 12.6. The monoisotopic (exact) mass is 876 g/mol. The number of hydrogen-bond acceptors (Lipinski definition) is 10. The molecule has 7 rings (SSSR count). The Hall–Kier alpha value is -6.32. The van der Waals surface area contributed by atoms with E-state index in [1.165, 1.54) is 29.8 Å². The van der Waals surface area contributed by atoms with Gasteiger partial charge < -0.3 is 0 Å². The fourth-order valence-corrected chi connectivity index (χ4v) is 8.49. The second-order valence-corrected chi connectivity index (χ2v) is 17.9. The topological polar surface area (TPSA) is 161 Å². The Bertz CT molecular complexity index is 2520. The van der Waals surface area contributed by atoms with Crippen LogP contribution in [0.5, 0.6) is 0 Å². The highest BCUT2D eigenvalue weighted by Gasteiger charge is 2.51. The molecular formula is C48H48N2O10S2. The van der Waals surface area contributed by atoms with Gasteiger partial charge >= 0.3 is 20.2 Å². The minimum Gasteiger partial charge on any atom is -0.272 e. The summed E-state index contributed by atoms with van der Waals surface area (Å²) in [5.41, 5.74) is 5.04. The molecule has 2 aliphatic heterocycles. The van der Waals surface area contributed by atoms with Crippen LogP contribution in [-0.4, -0.2) is 50.6 Å². The number of benzene rings is 5. The van der Waals surface area contributed by atoms with E-state index in [0.29, 0.717) is 17.9 Å². The van der Waals surface area contributed by atoms with Gasteiger partial charge in [0.05, 0.1) is 21.6 Å². The second-order valence-electron chi connectivity index (χ2n) is 14.9. The molecular weight excluding hydrogens is 829 g/mol. The Morgan fingerprint density at radius 2 is 0.871 bits per heavy atom. The van der Waals surface area contributed by atoms with Gasteiger partial charge in [0.15, 0.2) is 0 Å². The molecule has 0 aromatic heterocycles. The number of aryl methyl sites for hydroxylation is 2. The largest absolute Gasteiger partial charge is 0.318 e. The number of hydrogen-bond donors (Lipinski definition) is 0. The summed E-state index contributed by atoms with van der Waals surface area (Å²) in [6.45, 7) is 11.3. The van der Waals surface area contributed by atoms with Crippen LogP contribution in [0, 0.1) is 25.7 Å². The van der Waals surface area contributed by atoms with Gasteiger partial charge in [0.2, 0.25) is 0 Å². The third kappa shape index (κ3) is 12.2. The van der Waals surface area contributed by atoms with Crippen LogP contribution in [0.1, 0.15) is 66.3 Å². The molecule has 1 saturated heterocycles. The van der Waals surface area contributed by atoms with Crippen molar-refractivity contribution in [2.75, 3.05) is 0 Å². The van der Waals surface area contributed by atoms with Crippen molar-refractivity contribution in [2.24, 2.45) is 11.8 Å². The average Bonchev–Trinajstić information content (AvgIpc) is 3.69. The quantitative estimate of drug-likeness (QED) is 0.105. The van der Waals surface area contributed by atoms with Crippen LogP contribution < -0.4 is 0 Å². The van der Waals surface area contributed by atoms with Crippen molar-refractivity contribution >= 4 is 49.9 Å². The molecule has 62 heavy (non-hydrogen) atoms. The van der Waals surface area contributed by atoms with Gasteiger partial charge in [-0.1, -0.05) is 153 Å². The number of amides is 4. The van der Waals surface area contributed by atoms with Crippen molar-refractivity contribution in [1.82, 2.24) is 10.1 Å². The summed E-state index contributed by atoms with van der Waals surface area (Å²) < 4.78 is 59.1. The minimum absolute atomic E-state index is 0.00358. The number of rotatable bonds is 13. The van der Waals surface area contributed by atoms with E-state index < -0.39 is 55.7 Å². The molecule has 12 nitrogen and oxygen atoms in total. The Morgan fingerprint density at radius 1 is 0.532 bits per heavy atom. The smallest absolute Gasteiger partial charge is 0.272 e. The fourth-order valence-electron chi connectivity index (χ4n) is 6.70. The van der Waals surface area contributed by atoms with Gasteiger partial charge in [-0.05, 0) is 79.5 Å². The van der Waals surface area contributed by atoms with Crippen LogP contribution in [0.3, 0.4) is 0 Å². The fraction of sp³-hybridized carbons (Fsp3) is 0.208. The van der Waals surface area contributed by atoms with Crippen molar-refractivity contribution in [2.45, 2.75) is 62.2 Å². The van der Waals surface area contributed by atoms with E-state index in [-0.39, 0.29) is 26.7 Å². The highest BCUT2D eigenvalue weighted by Crippen LogP contribution is 2.40. The van der Waals surface area contributed by atoms with E-state index in [9.17, 15) is 36.0 Å². The normalized spacial score (nSPS) is 17.2. The first-order valence-electron chi connectivity index (χ1n) is 19.7. The number of hydroxylamine groups is 4. The molecule has 4 amide bonds. The SMILES string of the molecule is C=Cc1ccccc1.Cc1ccc(S(=O)(=O)ON2C(=O)C(CC(C)c3ccccc3)C(CC(C)c3ccccc3)C2=O)cc1.Cc1ccc(S(=O)(=O)ON2C(=O)C=CC2=O)cc1. The molecule has 4 unspecified atom stereocenters. The summed E-state index contributed by atoms with van der Waals surface area (Å²) in [5.74, 6) is -4.25. The lowest BCUT2D eigenvalue weighted by molar-refractivity contribution is -0.166. The molecule has 0 N–H and O–H groups in total. The van der Waals surface area contributed by atoms with Crippen LogP contribution in [0.15, 0.2) is 168 Å². The molecule has 0 radical (unpaired) electrons. The highest BCUT2D eigenvalue weighted by molar-refractivity contribution is 7.87. The second kappa shape index (κ2) is 21.0. The molecule has 2 heterocycles. The maximum Gasteiger partial charge on any atom is 0.318 e. The summed E-state index contributed by atoms with van der Waals surface area (Å²) >= 11 is 0. The van der Waals surface area contributed by atoms with Crippen LogP contribution in [-0.2, 0) is 48.0 Å². The van der Waals surface area contributed by atoms with E-state index in [0.717, 1.165) is 34.4 Å². The molecule has 0 spiro atoms. The van der Waals surface area contributed by atoms with E-state index in [4.69, 9.17) is 4.28 Å². The Labute approximate surface area is 363 Å². The van der Waals surface area contributed by atoms with Gasteiger partial charge in [-0.3, -0.25) is 19.2 Å². The Morgan fingerprint density at radius 3 is 1.21 bits per heavy atom. The Kier molecular flexibility index (Phi) is 15.8. The highest BCUT2D eigenvalue weighted by atomic mass is 32.2. The summed E-state index contributed by atoms with van der Waals surface area (Å²) in [4.78, 5) is 49.1. The standard InChI is InChI=1S/C29H31NO5S.C11H9NO5S.C8H8/c1-20-14-16-25(17-15-20)36(33,34)35-30-28(31)26(18-21(2)23-10-6-4-7-11-23)27(29(30)32)19-22(3)24-12-8-5-9-13-24;1-8-2-4-9(5-3-8)18(15,16)17-12-10(13)6-7-11(12)14;1-2-8-6-4-3-5-7-8/h4-17,21-22,26-27H,18-19H2,1-3H3;2-7H,1H3;2-7H,1H2. The van der Waals surface area contributed by atoms with Gasteiger partial charge in [-0.2, -0.15) is 16.8 Å². The zero-order valence-corrected chi connectivity index (χ0v) is 36.4. The van der Waals surface area contributed by atoms with Crippen molar-refractivity contribution in [3.63, 3.8) is 0 Å². The zero-order valence-electron chi connectivity index (χ0n) is 34.7. The lowest BCUT2D eigenvalue weighted by atomic mass is 9.79. The summed E-state index contributed by atoms with van der Waals surface area (Å²) in [6.07, 6.45) is 4.52. The van der Waals surface area contributed by atoms with Gasteiger partial charge in [0.25, 0.3) is 23.6 Å². The number of carbonyl (C=O) groups excluding carboxylic acids is 4. The molecule has 14 heteroatoms. The number of imide groups is 2. The van der Waals surface area contributed by atoms with E-state index >= 15 is 0 Å². The van der Waals surface area contributed by atoms with Crippen LogP contribution in [0.4, 0.5) is 0 Å². The first-order valence-corrected chi connectivity index (χ1v) is 22.6. The lowest BCUT2D eigenvalue weighted by Gasteiger charge is -2.22. The van der Waals surface area contributed by atoms with E-state index in [2.05, 4.69) is 10.9 Å².